The van der Waals surface area contributed by atoms with Crippen LogP contribution in [0.25, 0.3) is 5.52 Å². The Bertz CT molecular complexity index is 625. The van der Waals surface area contributed by atoms with Crippen molar-refractivity contribution in [2.24, 2.45) is 0 Å². The molecule has 0 atom stereocenters. The maximum absolute atomic E-state index is 6.14. The first-order valence-corrected chi connectivity index (χ1v) is 6.53. The molecule has 3 rings (SSSR count). The Morgan fingerprint density at radius 2 is 1.84 bits per heavy atom. The van der Waals surface area contributed by atoms with Crippen LogP contribution in [-0.4, -0.2) is 32.9 Å². The van der Waals surface area contributed by atoms with E-state index in [2.05, 4.69) is 10.1 Å². The lowest BCUT2D eigenvalue weighted by molar-refractivity contribution is 0.00578. The number of rotatable bonds is 1. The number of aromatic nitrogens is 3. The van der Waals surface area contributed by atoms with Gasteiger partial charge in [-0.1, -0.05) is 11.6 Å². The Morgan fingerprint density at radius 1 is 1.21 bits per heavy atom. The highest BCUT2D eigenvalue weighted by molar-refractivity contribution is 6.61. The third-order valence-electron chi connectivity index (χ3n) is 3.86. The Morgan fingerprint density at radius 3 is 2.47 bits per heavy atom. The van der Waals surface area contributed by atoms with Crippen LogP contribution in [-0.2, 0) is 9.31 Å². The molecule has 0 N–H and O–H groups in total. The van der Waals surface area contributed by atoms with Gasteiger partial charge in [0.1, 0.15) is 5.52 Å². The molecule has 0 spiro atoms. The molecular formula is C12H15BClN3O2. The number of nitrogens with zero attached hydrogens (tertiary/aromatic N) is 3. The molecule has 0 aliphatic carbocycles. The molecule has 3 heterocycles. The van der Waals surface area contributed by atoms with E-state index in [1.807, 2.05) is 33.8 Å². The van der Waals surface area contributed by atoms with Gasteiger partial charge in [0.05, 0.1) is 23.0 Å². The molecule has 1 aliphatic heterocycles. The predicted octanol–water partition coefficient (Wildman–Crippen LogP) is 1.68. The number of hydrogen-bond acceptors (Lipinski definition) is 4. The van der Waals surface area contributed by atoms with Gasteiger partial charge in [0.2, 0.25) is 0 Å². The Balaban J connectivity index is 2.02. The molecule has 0 unspecified atom stereocenters. The molecule has 5 nitrogen and oxygen atoms in total. The lowest BCUT2D eigenvalue weighted by Crippen LogP contribution is -2.41. The van der Waals surface area contributed by atoms with Crippen molar-refractivity contribution < 1.29 is 9.31 Å². The molecule has 100 valence electrons. The summed E-state index contributed by atoms with van der Waals surface area (Å²) in [4.78, 5) is 4.34. The van der Waals surface area contributed by atoms with E-state index in [-0.39, 0.29) is 0 Å². The highest BCUT2D eigenvalue weighted by Gasteiger charge is 2.52. The Labute approximate surface area is 117 Å². The van der Waals surface area contributed by atoms with Gasteiger partial charge in [-0.15, -0.1) is 0 Å². The summed E-state index contributed by atoms with van der Waals surface area (Å²) >= 11 is 6.14. The first kappa shape index (κ1) is 12.9. The topological polar surface area (TPSA) is 48.7 Å². The Kier molecular flexibility index (Phi) is 2.68. The number of hydrogen-bond donors (Lipinski definition) is 0. The molecule has 0 saturated carbocycles. The second-order valence-electron chi connectivity index (χ2n) is 5.71. The maximum atomic E-state index is 6.14. The molecule has 0 radical (unpaired) electrons. The summed E-state index contributed by atoms with van der Waals surface area (Å²) in [5, 5.41) is 4.56. The van der Waals surface area contributed by atoms with Gasteiger partial charge in [0, 0.05) is 6.20 Å². The second-order valence-corrected chi connectivity index (χ2v) is 6.06. The largest absolute Gasteiger partial charge is 0.516 e. The summed E-state index contributed by atoms with van der Waals surface area (Å²) in [6.07, 6.45) is 3.46. The summed E-state index contributed by atoms with van der Waals surface area (Å²) in [6.45, 7) is 8.00. The molecule has 2 aromatic heterocycles. The van der Waals surface area contributed by atoms with Crippen molar-refractivity contribution >= 4 is 29.8 Å². The molecular weight excluding hydrogens is 264 g/mol. The van der Waals surface area contributed by atoms with E-state index in [0.717, 1.165) is 5.52 Å². The SMILES string of the molecule is CC1(C)OB(c2cn3nccc3c(Cl)n2)OC1(C)C. The minimum atomic E-state index is -0.531. The van der Waals surface area contributed by atoms with E-state index in [4.69, 9.17) is 20.9 Å². The van der Waals surface area contributed by atoms with E-state index in [0.29, 0.717) is 10.7 Å². The normalized spacial score (nSPS) is 21.2. The van der Waals surface area contributed by atoms with Crippen molar-refractivity contribution in [2.45, 2.75) is 38.9 Å². The van der Waals surface area contributed by atoms with Crippen LogP contribution in [0.1, 0.15) is 27.7 Å². The van der Waals surface area contributed by atoms with Crippen LogP contribution in [0, 0.1) is 0 Å². The zero-order chi connectivity index (χ0) is 13.8. The van der Waals surface area contributed by atoms with E-state index in [9.17, 15) is 0 Å². The zero-order valence-electron chi connectivity index (χ0n) is 11.3. The molecule has 1 aliphatic rings. The second kappa shape index (κ2) is 3.94. The fourth-order valence-electron chi connectivity index (χ4n) is 1.98. The van der Waals surface area contributed by atoms with E-state index in [1.54, 1.807) is 16.9 Å². The summed E-state index contributed by atoms with van der Waals surface area (Å²) in [5.74, 6) is 0. The number of halogens is 1. The minimum absolute atomic E-state index is 0.393. The zero-order valence-corrected chi connectivity index (χ0v) is 12.1. The van der Waals surface area contributed by atoms with Crippen LogP contribution < -0.4 is 5.59 Å². The molecule has 7 heteroatoms. The van der Waals surface area contributed by atoms with Gasteiger partial charge in [-0.3, -0.25) is 0 Å². The first-order valence-electron chi connectivity index (χ1n) is 6.16. The molecule has 0 aromatic carbocycles. The third kappa shape index (κ3) is 1.95. The van der Waals surface area contributed by atoms with Crippen molar-refractivity contribution in [1.29, 1.82) is 0 Å². The van der Waals surface area contributed by atoms with E-state index < -0.39 is 18.3 Å². The standard InChI is InChI=1S/C12H15BClN3O2/c1-11(2)12(3,4)19-13(18-11)9-7-17-8(5-6-15-17)10(14)16-9/h5-7H,1-4H3. The van der Waals surface area contributed by atoms with Crippen molar-refractivity contribution in [1.82, 2.24) is 14.6 Å². The molecule has 19 heavy (non-hydrogen) atoms. The summed E-state index contributed by atoms with van der Waals surface area (Å²) in [7, 11) is -0.531. The summed E-state index contributed by atoms with van der Waals surface area (Å²) in [5.41, 5.74) is 0.595. The van der Waals surface area contributed by atoms with Gasteiger partial charge in [-0.2, -0.15) is 5.10 Å². The lowest BCUT2D eigenvalue weighted by atomic mass is 9.85. The quantitative estimate of drug-likeness (QED) is 0.745. The Hall–Kier alpha value is -1.11. The van der Waals surface area contributed by atoms with Crippen molar-refractivity contribution in [3.05, 3.63) is 23.6 Å². The highest BCUT2D eigenvalue weighted by Crippen LogP contribution is 2.36. The van der Waals surface area contributed by atoms with Crippen molar-refractivity contribution in [3.8, 4) is 0 Å². The van der Waals surface area contributed by atoms with Gasteiger partial charge in [-0.25, -0.2) is 9.50 Å². The monoisotopic (exact) mass is 279 g/mol. The molecule has 2 aromatic rings. The molecule has 0 bridgehead atoms. The third-order valence-corrected chi connectivity index (χ3v) is 4.14. The molecule has 0 amide bonds. The van der Waals surface area contributed by atoms with Crippen LogP contribution in [0.5, 0.6) is 0 Å². The summed E-state index contributed by atoms with van der Waals surface area (Å²) in [6, 6.07) is 1.81. The highest BCUT2D eigenvalue weighted by atomic mass is 35.5. The molecule has 1 fully saturated rings. The average Bonchev–Trinajstić information content (AvgIpc) is 2.82. The minimum Gasteiger partial charge on any atom is -0.398 e. The summed E-state index contributed by atoms with van der Waals surface area (Å²) < 4.78 is 13.6. The van der Waals surface area contributed by atoms with Gasteiger partial charge in [0.25, 0.3) is 0 Å². The van der Waals surface area contributed by atoms with E-state index >= 15 is 0 Å². The van der Waals surface area contributed by atoms with Gasteiger partial charge >= 0.3 is 7.12 Å². The van der Waals surface area contributed by atoms with Gasteiger partial charge in [-0.05, 0) is 33.8 Å². The number of fused-ring (bicyclic) bond motifs is 1. The first-order chi connectivity index (χ1) is 8.80. The van der Waals surface area contributed by atoms with Crippen LogP contribution in [0.4, 0.5) is 0 Å². The van der Waals surface area contributed by atoms with Gasteiger partial charge < -0.3 is 9.31 Å². The van der Waals surface area contributed by atoms with Crippen molar-refractivity contribution in [2.75, 3.05) is 0 Å². The fourth-order valence-corrected chi connectivity index (χ4v) is 2.23. The van der Waals surface area contributed by atoms with Crippen LogP contribution in [0.15, 0.2) is 18.5 Å². The predicted molar refractivity (Wildman–Crippen MR) is 73.7 cm³/mol. The lowest BCUT2D eigenvalue weighted by Gasteiger charge is -2.32. The van der Waals surface area contributed by atoms with Crippen LogP contribution in [0.2, 0.25) is 5.15 Å². The smallest absolute Gasteiger partial charge is 0.398 e. The van der Waals surface area contributed by atoms with Crippen LogP contribution >= 0.6 is 11.6 Å². The van der Waals surface area contributed by atoms with Crippen LogP contribution in [0.3, 0.4) is 0 Å². The average molecular weight is 280 g/mol. The maximum Gasteiger partial charge on any atom is 0.516 e. The van der Waals surface area contributed by atoms with Gasteiger partial charge in [0.15, 0.2) is 5.15 Å². The molecule has 1 saturated heterocycles. The van der Waals surface area contributed by atoms with Crippen molar-refractivity contribution in [3.63, 3.8) is 0 Å². The fraction of sp³-hybridized carbons (Fsp3) is 0.500. The van der Waals surface area contributed by atoms with E-state index in [1.165, 1.54) is 0 Å².